The number of carbonyl (C=O) groups excluding carboxylic acids is 1. The van der Waals surface area contributed by atoms with Crippen LogP contribution in [0.1, 0.15) is 38.2 Å². The molecule has 0 aliphatic heterocycles. The first-order valence-corrected chi connectivity index (χ1v) is 6.53. The molecule has 1 aromatic rings. The van der Waals surface area contributed by atoms with Crippen molar-refractivity contribution in [1.29, 1.82) is 0 Å². The van der Waals surface area contributed by atoms with E-state index in [4.69, 9.17) is 10.8 Å². The van der Waals surface area contributed by atoms with E-state index in [1.54, 1.807) is 0 Å². The smallest absolute Gasteiger partial charge is 0.320 e. The summed E-state index contributed by atoms with van der Waals surface area (Å²) in [6, 6.07) is 6.71. The standard InChI is InChI=1S/C14H21N3O3/c1-9(2)10-3-5-11(6-4-10)16-17-13(18)8-7-12(15)14(19)20/h3-6,9,12,16H,7-8,15H2,1-2H3,(H,17,18)(H,19,20)/t12-/m1/s1. The Hall–Kier alpha value is -2.08. The lowest BCUT2D eigenvalue weighted by Gasteiger charge is -2.11. The normalized spacial score (nSPS) is 12.0. The van der Waals surface area contributed by atoms with Gasteiger partial charge >= 0.3 is 5.97 Å². The molecule has 0 unspecified atom stereocenters. The fourth-order valence-electron chi connectivity index (χ4n) is 1.57. The summed E-state index contributed by atoms with van der Waals surface area (Å²) in [4.78, 5) is 22.0. The van der Waals surface area contributed by atoms with E-state index in [0.29, 0.717) is 5.92 Å². The van der Waals surface area contributed by atoms with Crippen LogP contribution in [0.25, 0.3) is 0 Å². The molecule has 0 radical (unpaired) electrons. The molecule has 1 amide bonds. The number of carbonyl (C=O) groups is 2. The van der Waals surface area contributed by atoms with Gasteiger partial charge in [0, 0.05) is 6.42 Å². The zero-order chi connectivity index (χ0) is 15.1. The van der Waals surface area contributed by atoms with Crippen molar-refractivity contribution in [2.24, 2.45) is 5.73 Å². The van der Waals surface area contributed by atoms with Gasteiger partial charge in [-0.1, -0.05) is 26.0 Å². The molecule has 0 heterocycles. The molecule has 5 N–H and O–H groups in total. The average Bonchev–Trinajstić information content (AvgIpc) is 2.42. The molecule has 0 aliphatic rings. The van der Waals surface area contributed by atoms with Crippen molar-refractivity contribution < 1.29 is 14.7 Å². The van der Waals surface area contributed by atoms with E-state index in [2.05, 4.69) is 24.7 Å². The second-order valence-electron chi connectivity index (χ2n) is 4.93. The van der Waals surface area contributed by atoms with Crippen LogP contribution in [0.2, 0.25) is 0 Å². The molecule has 110 valence electrons. The van der Waals surface area contributed by atoms with Gasteiger partial charge in [-0.15, -0.1) is 0 Å². The molecule has 0 aliphatic carbocycles. The molecule has 6 nitrogen and oxygen atoms in total. The third kappa shape index (κ3) is 5.27. The van der Waals surface area contributed by atoms with E-state index in [-0.39, 0.29) is 18.7 Å². The average molecular weight is 279 g/mol. The maximum atomic E-state index is 11.5. The Kier molecular flexibility index (Phi) is 5.99. The molecular weight excluding hydrogens is 258 g/mol. The fourth-order valence-corrected chi connectivity index (χ4v) is 1.57. The number of carboxylic acids is 1. The number of hydrazine groups is 1. The Morgan fingerprint density at radius 1 is 1.25 bits per heavy atom. The molecule has 1 aromatic carbocycles. The van der Waals surface area contributed by atoms with Crippen molar-refractivity contribution in [3.05, 3.63) is 29.8 Å². The van der Waals surface area contributed by atoms with Crippen LogP contribution in [0, 0.1) is 0 Å². The molecular formula is C14H21N3O3. The molecule has 0 saturated heterocycles. The predicted octanol–water partition coefficient (Wildman–Crippen LogP) is 1.45. The number of nitrogens with one attached hydrogen (secondary N) is 2. The van der Waals surface area contributed by atoms with Crippen molar-refractivity contribution in [3.63, 3.8) is 0 Å². The second-order valence-corrected chi connectivity index (χ2v) is 4.93. The van der Waals surface area contributed by atoms with Crippen LogP contribution in [-0.4, -0.2) is 23.0 Å². The highest BCUT2D eigenvalue weighted by Gasteiger charge is 2.13. The summed E-state index contributed by atoms with van der Waals surface area (Å²) in [6.45, 7) is 4.21. The topological polar surface area (TPSA) is 104 Å². The minimum Gasteiger partial charge on any atom is -0.480 e. The Labute approximate surface area is 118 Å². The molecule has 0 saturated carbocycles. The van der Waals surface area contributed by atoms with Gasteiger partial charge in [0.05, 0.1) is 5.69 Å². The number of rotatable bonds is 7. The lowest BCUT2D eigenvalue weighted by molar-refractivity contribution is -0.138. The largest absolute Gasteiger partial charge is 0.480 e. The Morgan fingerprint density at radius 3 is 2.35 bits per heavy atom. The van der Waals surface area contributed by atoms with Gasteiger partial charge < -0.3 is 10.8 Å². The van der Waals surface area contributed by atoms with E-state index in [0.717, 1.165) is 5.69 Å². The van der Waals surface area contributed by atoms with Crippen molar-refractivity contribution in [2.45, 2.75) is 38.6 Å². The van der Waals surface area contributed by atoms with Gasteiger partial charge in [0.25, 0.3) is 0 Å². The van der Waals surface area contributed by atoms with Gasteiger partial charge in [-0.2, -0.15) is 0 Å². The monoisotopic (exact) mass is 279 g/mol. The van der Waals surface area contributed by atoms with Crippen LogP contribution in [0.3, 0.4) is 0 Å². The van der Waals surface area contributed by atoms with E-state index < -0.39 is 12.0 Å². The molecule has 1 rings (SSSR count). The highest BCUT2D eigenvalue weighted by atomic mass is 16.4. The van der Waals surface area contributed by atoms with Crippen LogP contribution in [0.4, 0.5) is 5.69 Å². The van der Waals surface area contributed by atoms with Gasteiger partial charge in [-0.3, -0.25) is 20.4 Å². The SMILES string of the molecule is CC(C)c1ccc(NNC(=O)CC[C@@H](N)C(=O)O)cc1. The summed E-state index contributed by atoms with van der Waals surface area (Å²) in [5.41, 5.74) is 12.6. The number of benzene rings is 1. The fraction of sp³-hybridized carbons (Fsp3) is 0.429. The van der Waals surface area contributed by atoms with Crippen molar-refractivity contribution in [1.82, 2.24) is 5.43 Å². The first kappa shape index (κ1) is 16.0. The van der Waals surface area contributed by atoms with Crippen LogP contribution in [0.5, 0.6) is 0 Å². The lowest BCUT2D eigenvalue weighted by atomic mass is 10.0. The van der Waals surface area contributed by atoms with Gasteiger partial charge in [-0.25, -0.2) is 0 Å². The van der Waals surface area contributed by atoms with E-state index in [9.17, 15) is 9.59 Å². The number of aliphatic carboxylic acids is 1. The van der Waals surface area contributed by atoms with Crippen LogP contribution in [-0.2, 0) is 9.59 Å². The van der Waals surface area contributed by atoms with E-state index >= 15 is 0 Å². The van der Waals surface area contributed by atoms with Crippen molar-refractivity contribution in [2.75, 3.05) is 5.43 Å². The second kappa shape index (κ2) is 7.49. The first-order valence-electron chi connectivity index (χ1n) is 6.53. The van der Waals surface area contributed by atoms with Crippen molar-refractivity contribution in [3.8, 4) is 0 Å². The number of hydrogen-bond acceptors (Lipinski definition) is 4. The summed E-state index contributed by atoms with van der Waals surface area (Å²) < 4.78 is 0. The maximum Gasteiger partial charge on any atom is 0.320 e. The maximum absolute atomic E-state index is 11.5. The van der Waals surface area contributed by atoms with Gasteiger partial charge in [0.1, 0.15) is 6.04 Å². The Balaban J connectivity index is 2.35. The lowest BCUT2D eigenvalue weighted by Crippen LogP contribution is -2.34. The number of hydrogen-bond donors (Lipinski definition) is 4. The Morgan fingerprint density at radius 2 is 1.85 bits per heavy atom. The molecule has 0 fully saturated rings. The highest BCUT2D eigenvalue weighted by molar-refractivity contribution is 5.79. The zero-order valence-corrected chi connectivity index (χ0v) is 11.7. The van der Waals surface area contributed by atoms with Gasteiger partial charge in [0.2, 0.25) is 5.91 Å². The van der Waals surface area contributed by atoms with Crippen LogP contribution in [0.15, 0.2) is 24.3 Å². The summed E-state index contributed by atoms with van der Waals surface area (Å²) in [7, 11) is 0. The molecule has 0 bridgehead atoms. The molecule has 6 heteroatoms. The van der Waals surface area contributed by atoms with Crippen molar-refractivity contribution >= 4 is 17.6 Å². The third-order valence-electron chi connectivity index (χ3n) is 2.92. The van der Waals surface area contributed by atoms with E-state index in [1.807, 2.05) is 24.3 Å². The summed E-state index contributed by atoms with van der Waals surface area (Å²) in [5.74, 6) is -0.944. The quantitative estimate of drug-likeness (QED) is 0.565. The van der Waals surface area contributed by atoms with E-state index in [1.165, 1.54) is 5.56 Å². The summed E-state index contributed by atoms with van der Waals surface area (Å²) >= 11 is 0. The molecule has 1 atom stereocenters. The summed E-state index contributed by atoms with van der Waals surface area (Å²) in [6.07, 6.45) is 0.166. The van der Waals surface area contributed by atoms with Gasteiger partial charge in [-0.05, 0) is 30.0 Å². The molecule has 20 heavy (non-hydrogen) atoms. The number of carboxylic acid groups (broad SMARTS) is 1. The molecule has 0 aromatic heterocycles. The molecule has 0 spiro atoms. The number of amides is 1. The first-order chi connectivity index (χ1) is 9.40. The highest BCUT2D eigenvalue weighted by Crippen LogP contribution is 2.16. The minimum absolute atomic E-state index is 0.0601. The Bertz CT molecular complexity index is 457. The minimum atomic E-state index is -1.10. The summed E-state index contributed by atoms with van der Waals surface area (Å²) in [5, 5.41) is 8.60. The van der Waals surface area contributed by atoms with Crippen LogP contribution < -0.4 is 16.6 Å². The zero-order valence-electron chi connectivity index (χ0n) is 11.7. The predicted molar refractivity (Wildman–Crippen MR) is 77.1 cm³/mol. The number of nitrogens with two attached hydrogens (primary N) is 1. The van der Waals surface area contributed by atoms with Crippen LogP contribution >= 0.6 is 0 Å². The van der Waals surface area contributed by atoms with Gasteiger partial charge in [0.15, 0.2) is 0 Å². The number of anilines is 1. The third-order valence-corrected chi connectivity index (χ3v) is 2.92.